The third kappa shape index (κ3) is 1.70. The minimum atomic E-state index is 0.156. The molecular weight excluding hydrogens is 212 g/mol. The average Bonchev–Trinajstić information content (AvgIpc) is 2.66. The summed E-state index contributed by atoms with van der Waals surface area (Å²) in [7, 11) is 0. The molecule has 1 aliphatic heterocycles. The molecule has 0 spiro atoms. The van der Waals surface area contributed by atoms with Crippen molar-refractivity contribution in [3.05, 3.63) is 0 Å². The zero-order valence-electron chi connectivity index (χ0n) is 11.1. The quantitative estimate of drug-likeness (QED) is 0.767. The maximum absolute atomic E-state index is 11.2. The molecule has 1 heterocycles. The fraction of sp³-hybridized carbons (Fsp3) is 0.929. The second kappa shape index (κ2) is 3.71. The molecule has 5 unspecified atom stereocenters. The Kier molecular flexibility index (Phi) is 2.51. The zero-order valence-corrected chi connectivity index (χ0v) is 11.1. The largest absolute Gasteiger partial charge is 0.340 e. The van der Waals surface area contributed by atoms with Crippen LogP contribution in [0.2, 0.25) is 0 Å². The summed E-state index contributed by atoms with van der Waals surface area (Å²) in [4.78, 5) is 11.2. The van der Waals surface area contributed by atoms with Crippen LogP contribution in [-0.4, -0.2) is 18.6 Å². The van der Waals surface area contributed by atoms with Gasteiger partial charge in [-0.15, -0.1) is 0 Å². The molecule has 4 fully saturated rings. The summed E-state index contributed by atoms with van der Waals surface area (Å²) in [5, 5.41) is 6.29. The molecule has 0 aromatic carbocycles. The number of fused-ring (bicyclic) bond motifs is 2. The molecule has 0 aromatic heterocycles. The molecule has 3 saturated carbocycles. The van der Waals surface area contributed by atoms with Crippen molar-refractivity contribution in [3.8, 4) is 0 Å². The number of hydrogen-bond acceptors (Lipinski definition) is 2. The molecule has 2 bridgehead atoms. The number of amides is 1. The monoisotopic (exact) mass is 236 g/mol. The van der Waals surface area contributed by atoms with Crippen molar-refractivity contribution in [2.75, 3.05) is 6.54 Å². The Morgan fingerprint density at radius 2 is 2.12 bits per heavy atom. The van der Waals surface area contributed by atoms with Gasteiger partial charge in [0.15, 0.2) is 0 Å². The molecule has 2 N–H and O–H groups in total. The average molecular weight is 236 g/mol. The highest BCUT2D eigenvalue weighted by molar-refractivity contribution is 5.80. The van der Waals surface area contributed by atoms with Gasteiger partial charge in [0, 0.05) is 0 Å². The van der Waals surface area contributed by atoms with Crippen molar-refractivity contribution in [2.45, 2.75) is 46.2 Å². The van der Waals surface area contributed by atoms with E-state index in [1.165, 1.54) is 12.8 Å². The zero-order chi connectivity index (χ0) is 12.2. The van der Waals surface area contributed by atoms with E-state index in [1.807, 2.05) is 0 Å². The van der Waals surface area contributed by atoms with Gasteiger partial charge < -0.3 is 5.32 Å². The Morgan fingerprint density at radius 3 is 2.65 bits per heavy atom. The predicted octanol–water partition coefficient (Wildman–Crippen LogP) is 1.74. The molecule has 96 valence electrons. The molecule has 0 aromatic rings. The van der Waals surface area contributed by atoms with E-state index in [9.17, 15) is 4.79 Å². The first-order valence-corrected chi connectivity index (χ1v) is 7.01. The molecular formula is C14H24N2O. The van der Waals surface area contributed by atoms with Gasteiger partial charge >= 0.3 is 0 Å². The SMILES string of the molecule is CC1C(CC2NCC(=O)N2)CC2CC1C2(C)C. The molecule has 1 saturated heterocycles. The van der Waals surface area contributed by atoms with Crippen molar-refractivity contribution < 1.29 is 4.79 Å². The van der Waals surface area contributed by atoms with Crippen molar-refractivity contribution in [2.24, 2.45) is 29.1 Å². The topological polar surface area (TPSA) is 41.1 Å². The van der Waals surface area contributed by atoms with Crippen LogP contribution < -0.4 is 10.6 Å². The highest BCUT2D eigenvalue weighted by atomic mass is 16.2. The minimum absolute atomic E-state index is 0.156. The summed E-state index contributed by atoms with van der Waals surface area (Å²) in [5.74, 6) is 3.59. The summed E-state index contributed by atoms with van der Waals surface area (Å²) < 4.78 is 0. The second-order valence-electron chi connectivity index (χ2n) is 6.95. The van der Waals surface area contributed by atoms with Gasteiger partial charge in [0.1, 0.15) is 0 Å². The second-order valence-corrected chi connectivity index (χ2v) is 6.95. The highest BCUT2D eigenvalue weighted by Gasteiger charge is 2.56. The summed E-state index contributed by atoms with van der Waals surface area (Å²) in [6, 6.07) is 0. The smallest absolute Gasteiger partial charge is 0.235 e. The maximum atomic E-state index is 11.2. The van der Waals surface area contributed by atoms with E-state index in [0.29, 0.717) is 12.0 Å². The van der Waals surface area contributed by atoms with Crippen molar-refractivity contribution in [3.63, 3.8) is 0 Å². The van der Waals surface area contributed by atoms with Crippen LogP contribution in [0.3, 0.4) is 0 Å². The Morgan fingerprint density at radius 1 is 1.35 bits per heavy atom. The molecule has 4 rings (SSSR count). The first-order chi connectivity index (χ1) is 7.98. The van der Waals surface area contributed by atoms with Gasteiger partial charge in [-0.1, -0.05) is 20.8 Å². The van der Waals surface area contributed by atoms with Crippen molar-refractivity contribution >= 4 is 5.91 Å². The third-order valence-corrected chi connectivity index (χ3v) is 5.89. The summed E-state index contributed by atoms with van der Waals surface area (Å²) in [6.07, 6.45) is 4.15. The molecule has 5 atom stereocenters. The lowest BCUT2D eigenvalue weighted by Crippen LogP contribution is -2.55. The van der Waals surface area contributed by atoms with Crippen molar-refractivity contribution in [1.82, 2.24) is 10.6 Å². The Hall–Kier alpha value is -0.570. The highest BCUT2D eigenvalue weighted by Crippen LogP contribution is 2.63. The van der Waals surface area contributed by atoms with E-state index in [1.54, 1.807) is 0 Å². The Labute approximate surface area is 104 Å². The third-order valence-electron chi connectivity index (χ3n) is 5.89. The lowest BCUT2D eigenvalue weighted by atomic mass is 9.43. The van der Waals surface area contributed by atoms with E-state index in [4.69, 9.17) is 0 Å². The van der Waals surface area contributed by atoms with Crippen LogP contribution in [-0.2, 0) is 4.79 Å². The van der Waals surface area contributed by atoms with E-state index >= 15 is 0 Å². The molecule has 17 heavy (non-hydrogen) atoms. The van der Waals surface area contributed by atoms with Gasteiger partial charge in [-0.2, -0.15) is 0 Å². The molecule has 3 nitrogen and oxygen atoms in total. The van der Waals surface area contributed by atoms with E-state index < -0.39 is 0 Å². The number of rotatable bonds is 2. The van der Waals surface area contributed by atoms with Crippen LogP contribution in [0.15, 0.2) is 0 Å². The first kappa shape index (κ1) is 11.5. The number of nitrogens with one attached hydrogen (secondary N) is 2. The van der Waals surface area contributed by atoms with Crippen LogP contribution in [0.5, 0.6) is 0 Å². The normalized spacial score (nSPS) is 47.5. The fourth-order valence-corrected chi connectivity index (χ4v) is 4.53. The van der Waals surface area contributed by atoms with Crippen LogP contribution in [0.25, 0.3) is 0 Å². The Bertz CT molecular complexity index is 339. The summed E-state index contributed by atoms with van der Waals surface area (Å²) in [5.41, 5.74) is 0.572. The van der Waals surface area contributed by atoms with Crippen LogP contribution in [0, 0.1) is 29.1 Å². The molecule has 1 amide bonds. The number of carbonyl (C=O) groups is 1. The Balaban J connectivity index is 1.61. The van der Waals surface area contributed by atoms with E-state index in [0.717, 1.165) is 30.1 Å². The number of carbonyl (C=O) groups excluding carboxylic acids is 1. The van der Waals surface area contributed by atoms with Gasteiger partial charge in [-0.25, -0.2) is 0 Å². The van der Waals surface area contributed by atoms with E-state index in [-0.39, 0.29) is 12.1 Å². The lowest BCUT2D eigenvalue weighted by molar-refractivity contribution is -0.132. The van der Waals surface area contributed by atoms with Crippen LogP contribution in [0.4, 0.5) is 0 Å². The van der Waals surface area contributed by atoms with Crippen molar-refractivity contribution in [1.29, 1.82) is 0 Å². The number of hydrogen-bond donors (Lipinski definition) is 2. The van der Waals surface area contributed by atoms with Gasteiger partial charge in [-0.05, 0) is 48.3 Å². The van der Waals surface area contributed by atoms with Crippen LogP contribution >= 0.6 is 0 Å². The first-order valence-electron chi connectivity index (χ1n) is 7.01. The fourth-order valence-electron chi connectivity index (χ4n) is 4.53. The molecule has 3 aliphatic carbocycles. The van der Waals surface area contributed by atoms with Gasteiger partial charge in [0.05, 0.1) is 12.7 Å². The predicted molar refractivity (Wildman–Crippen MR) is 67.2 cm³/mol. The van der Waals surface area contributed by atoms with E-state index in [2.05, 4.69) is 31.4 Å². The summed E-state index contributed by atoms with van der Waals surface area (Å²) in [6.45, 7) is 7.80. The maximum Gasteiger partial charge on any atom is 0.235 e. The molecule has 3 heteroatoms. The standard InChI is InChI=1S/C14H24N2O/c1-8-9(5-12-15-7-13(17)16-12)4-10-6-11(8)14(10,2)3/h8-12,15H,4-7H2,1-3H3,(H,16,17). The van der Waals surface area contributed by atoms with Gasteiger partial charge in [0.25, 0.3) is 0 Å². The lowest BCUT2D eigenvalue weighted by Gasteiger charge is -2.62. The van der Waals surface area contributed by atoms with Crippen LogP contribution in [0.1, 0.15) is 40.0 Å². The molecule has 0 radical (unpaired) electrons. The minimum Gasteiger partial charge on any atom is -0.340 e. The summed E-state index contributed by atoms with van der Waals surface area (Å²) >= 11 is 0. The molecule has 4 aliphatic rings. The van der Waals surface area contributed by atoms with Gasteiger partial charge in [-0.3, -0.25) is 10.1 Å². The van der Waals surface area contributed by atoms with Gasteiger partial charge in [0.2, 0.25) is 5.91 Å².